The van der Waals surface area contributed by atoms with E-state index in [0.29, 0.717) is 17.5 Å². The fourth-order valence-corrected chi connectivity index (χ4v) is 1.67. The van der Waals surface area contributed by atoms with Crippen LogP contribution in [0.25, 0.3) is 0 Å². The van der Waals surface area contributed by atoms with E-state index in [1.54, 1.807) is 18.2 Å². The molecule has 0 unspecified atom stereocenters. The number of carbonyl (C=O) groups is 3. The Balaban J connectivity index is 2.84. The Morgan fingerprint density at radius 1 is 1.16 bits per heavy atom. The molecule has 4 nitrogen and oxygen atoms in total. The number of rotatable bonds is 6. The van der Waals surface area contributed by atoms with Gasteiger partial charge >= 0.3 is 5.97 Å². The molecule has 0 amide bonds. The van der Waals surface area contributed by atoms with E-state index in [0.717, 1.165) is 11.6 Å². The second-order valence-corrected chi connectivity index (χ2v) is 4.11. The molecule has 0 saturated carbocycles. The lowest BCUT2D eigenvalue weighted by molar-refractivity contribution is -0.137. The van der Waals surface area contributed by atoms with Gasteiger partial charge in [-0.2, -0.15) is 0 Å². The van der Waals surface area contributed by atoms with Crippen molar-refractivity contribution in [1.82, 2.24) is 0 Å². The van der Waals surface area contributed by atoms with Crippen molar-refractivity contribution in [1.29, 1.82) is 0 Å². The van der Waals surface area contributed by atoms with Gasteiger partial charge in [-0.1, -0.05) is 18.7 Å². The monoisotopic (exact) mass is 260 g/mol. The smallest absolute Gasteiger partial charge is 0.330 e. The SMILES string of the molecule is C=CC(=O)OCCc1ccc(C(C)=O)c(C(C)=O)c1. The molecule has 0 spiro atoms. The molecule has 0 heterocycles. The highest BCUT2D eigenvalue weighted by Crippen LogP contribution is 2.14. The quantitative estimate of drug-likeness (QED) is 0.447. The van der Waals surface area contributed by atoms with Crippen molar-refractivity contribution in [3.05, 3.63) is 47.5 Å². The van der Waals surface area contributed by atoms with Crippen LogP contribution in [-0.2, 0) is 16.0 Å². The molecule has 0 fully saturated rings. The summed E-state index contributed by atoms with van der Waals surface area (Å²) in [6, 6.07) is 5.05. The van der Waals surface area contributed by atoms with Crippen molar-refractivity contribution < 1.29 is 19.1 Å². The summed E-state index contributed by atoms with van der Waals surface area (Å²) in [5, 5.41) is 0. The fourth-order valence-electron chi connectivity index (χ4n) is 1.67. The van der Waals surface area contributed by atoms with Crippen molar-refractivity contribution in [2.45, 2.75) is 20.3 Å². The average molecular weight is 260 g/mol. The zero-order valence-electron chi connectivity index (χ0n) is 11.1. The highest BCUT2D eigenvalue weighted by Gasteiger charge is 2.12. The molecule has 0 radical (unpaired) electrons. The summed E-state index contributed by atoms with van der Waals surface area (Å²) in [6.07, 6.45) is 1.58. The molecular formula is C15H16O4. The van der Waals surface area contributed by atoms with E-state index in [9.17, 15) is 14.4 Å². The van der Waals surface area contributed by atoms with E-state index in [1.807, 2.05) is 0 Å². The lowest BCUT2D eigenvalue weighted by atomic mass is 9.97. The topological polar surface area (TPSA) is 60.4 Å². The second-order valence-electron chi connectivity index (χ2n) is 4.11. The molecule has 19 heavy (non-hydrogen) atoms. The van der Waals surface area contributed by atoms with Gasteiger partial charge in [0.25, 0.3) is 0 Å². The molecule has 0 atom stereocenters. The molecule has 0 saturated heterocycles. The second kappa shape index (κ2) is 6.64. The standard InChI is InChI=1S/C15H16O4/c1-4-15(18)19-8-7-12-5-6-13(10(2)16)14(9-12)11(3)17/h4-6,9H,1,7-8H2,2-3H3. The van der Waals surface area contributed by atoms with Crippen LogP contribution in [0, 0.1) is 0 Å². The molecule has 0 aromatic heterocycles. The van der Waals surface area contributed by atoms with Gasteiger partial charge in [0.05, 0.1) is 6.61 Å². The van der Waals surface area contributed by atoms with Crippen molar-refractivity contribution in [2.75, 3.05) is 6.61 Å². The van der Waals surface area contributed by atoms with Crippen LogP contribution in [0.15, 0.2) is 30.9 Å². The maximum atomic E-state index is 11.5. The highest BCUT2D eigenvalue weighted by atomic mass is 16.5. The minimum atomic E-state index is -0.479. The molecule has 1 aromatic rings. The minimum absolute atomic E-state index is 0.144. The largest absolute Gasteiger partial charge is 0.462 e. The van der Waals surface area contributed by atoms with Gasteiger partial charge in [0, 0.05) is 23.6 Å². The van der Waals surface area contributed by atoms with Crippen LogP contribution < -0.4 is 0 Å². The Bertz CT molecular complexity index is 529. The molecule has 0 N–H and O–H groups in total. The zero-order valence-corrected chi connectivity index (χ0v) is 11.1. The van der Waals surface area contributed by atoms with Crippen LogP contribution >= 0.6 is 0 Å². The Hall–Kier alpha value is -2.23. The third-order valence-corrected chi connectivity index (χ3v) is 2.64. The molecular weight excluding hydrogens is 244 g/mol. The predicted molar refractivity (Wildman–Crippen MR) is 71.3 cm³/mol. The molecule has 0 aliphatic rings. The first-order valence-electron chi connectivity index (χ1n) is 5.89. The molecule has 1 aromatic carbocycles. The van der Waals surface area contributed by atoms with Gasteiger partial charge in [0.2, 0.25) is 0 Å². The predicted octanol–water partition coefficient (Wildman–Crippen LogP) is 2.36. The van der Waals surface area contributed by atoms with Crippen molar-refractivity contribution in [3.8, 4) is 0 Å². The van der Waals surface area contributed by atoms with Gasteiger partial charge in [0.15, 0.2) is 11.6 Å². The van der Waals surface area contributed by atoms with E-state index < -0.39 is 5.97 Å². The van der Waals surface area contributed by atoms with Crippen LogP contribution in [0.4, 0.5) is 0 Å². The summed E-state index contributed by atoms with van der Waals surface area (Å²) in [6.45, 7) is 6.35. The van der Waals surface area contributed by atoms with Crippen LogP contribution in [0.2, 0.25) is 0 Å². The molecule has 0 aliphatic heterocycles. The van der Waals surface area contributed by atoms with E-state index >= 15 is 0 Å². The maximum absolute atomic E-state index is 11.5. The van der Waals surface area contributed by atoms with Crippen LogP contribution in [-0.4, -0.2) is 24.1 Å². The van der Waals surface area contributed by atoms with Crippen LogP contribution in [0.1, 0.15) is 40.1 Å². The fraction of sp³-hybridized carbons (Fsp3) is 0.267. The van der Waals surface area contributed by atoms with E-state index in [2.05, 4.69) is 6.58 Å². The zero-order chi connectivity index (χ0) is 14.4. The summed E-state index contributed by atoms with van der Waals surface area (Å²) in [5.74, 6) is -0.780. The van der Waals surface area contributed by atoms with Gasteiger partial charge < -0.3 is 4.74 Å². The van der Waals surface area contributed by atoms with Crippen LogP contribution in [0.5, 0.6) is 0 Å². The van der Waals surface area contributed by atoms with E-state index in [-0.39, 0.29) is 18.2 Å². The first-order valence-corrected chi connectivity index (χ1v) is 5.89. The third kappa shape index (κ3) is 4.17. The van der Waals surface area contributed by atoms with Crippen molar-refractivity contribution in [3.63, 3.8) is 0 Å². The number of ketones is 2. The number of carbonyl (C=O) groups excluding carboxylic acids is 3. The number of benzene rings is 1. The Morgan fingerprint density at radius 2 is 1.79 bits per heavy atom. The molecule has 1 rings (SSSR count). The summed E-state index contributed by atoms with van der Waals surface area (Å²) in [7, 11) is 0. The Kier molecular flexibility index (Phi) is 5.18. The van der Waals surface area contributed by atoms with E-state index in [1.165, 1.54) is 13.8 Å². The minimum Gasteiger partial charge on any atom is -0.462 e. The lowest BCUT2D eigenvalue weighted by Gasteiger charge is -2.07. The van der Waals surface area contributed by atoms with Gasteiger partial charge in [-0.05, 0) is 25.5 Å². The Labute approximate surface area is 112 Å². The van der Waals surface area contributed by atoms with Gasteiger partial charge in [-0.25, -0.2) is 4.79 Å². The van der Waals surface area contributed by atoms with Gasteiger partial charge in [0.1, 0.15) is 0 Å². The molecule has 100 valence electrons. The third-order valence-electron chi connectivity index (χ3n) is 2.64. The van der Waals surface area contributed by atoms with Gasteiger partial charge in [-0.15, -0.1) is 0 Å². The Morgan fingerprint density at radius 3 is 2.32 bits per heavy atom. The maximum Gasteiger partial charge on any atom is 0.330 e. The van der Waals surface area contributed by atoms with E-state index in [4.69, 9.17) is 4.74 Å². The summed E-state index contributed by atoms with van der Waals surface area (Å²) >= 11 is 0. The summed E-state index contributed by atoms with van der Waals surface area (Å²) in [4.78, 5) is 33.8. The number of hydrogen-bond donors (Lipinski definition) is 0. The lowest BCUT2D eigenvalue weighted by Crippen LogP contribution is -2.08. The van der Waals surface area contributed by atoms with Gasteiger partial charge in [-0.3, -0.25) is 9.59 Å². The molecule has 0 bridgehead atoms. The first-order chi connectivity index (χ1) is 8.95. The number of hydrogen-bond acceptors (Lipinski definition) is 4. The normalized spacial score (nSPS) is 9.79. The summed E-state index contributed by atoms with van der Waals surface area (Å²) in [5.41, 5.74) is 1.66. The van der Waals surface area contributed by atoms with Crippen LogP contribution in [0.3, 0.4) is 0 Å². The average Bonchev–Trinajstić information content (AvgIpc) is 2.38. The first kappa shape index (κ1) is 14.8. The van der Waals surface area contributed by atoms with Crippen molar-refractivity contribution >= 4 is 17.5 Å². The summed E-state index contributed by atoms with van der Waals surface area (Å²) < 4.78 is 4.86. The number of esters is 1. The van der Waals surface area contributed by atoms with Crippen molar-refractivity contribution in [2.24, 2.45) is 0 Å². The molecule has 4 heteroatoms. The number of ether oxygens (including phenoxy) is 1. The number of Topliss-reactive ketones (excluding diaryl/α,β-unsaturated/α-hetero) is 2. The highest BCUT2D eigenvalue weighted by molar-refractivity contribution is 6.07. The molecule has 0 aliphatic carbocycles.